The van der Waals surface area contributed by atoms with Gasteiger partial charge in [0.15, 0.2) is 0 Å². The molecule has 11 nitrogen and oxygen atoms in total. The molecule has 0 bridgehead atoms. The molecule has 0 fully saturated rings. The molecule has 1 atom stereocenters. The van der Waals surface area contributed by atoms with E-state index in [0.29, 0.717) is 41.1 Å². The summed E-state index contributed by atoms with van der Waals surface area (Å²) in [5, 5.41) is 19.2. The van der Waals surface area contributed by atoms with E-state index in [2.05, 4.69) is 35.5 Å². The molecule has 1 unspecified atom stereocenters. The van der Waals surface area contributed by atoms with Gasteiger partial charge in [-0.15, -0.1) is 10.2 Å². The number of aryl methyl sites for hydroxylation is 1. The summed E-state index contributed by atoms with van der Waals surface area (Å²) in [5.74, 6) is -0.816. The monoisotopic (exact) mass is 433 g/mol. The summed E-state index contributed by atoms with van der Waals surface area (Å²) in [6.07, 6.45) is 5.43. The number of aromatic nitrogens is 8. The van der Waals surface area contributed by atoms with Gasteiger partial charge in [-0.2, -0.15) is 10.2 Å². The highest BCUT2D eigenvalue weighted by atomic mass is 19.1. The number of hydrogen-bond donors (Lipinski definition) is 2. The number of rotatable bonds is 3. The van der Waals surface area contributed by atoms with Crippen LogP contribution >= 0.6 is 0 Å². The van der Waals surface area contributed by atoms with Crippen LogP contribution in [0.15, 0.2) is 41.3 Å². The molecular weight excluding hydrogens is 417 g/mol. The van der Waals surface area contributed by atoms with Gasteiger partial charge < -0.3 is 14.3 Å². The molecule has 12 heteroatoms. The lowest BCUT2D eigenvalue weighted by atomic mass is 9.99. The number of halogens is 1. The molecule has 6 rings (SSSR count). The Morgan fingerprint density at radius 3 is 3.06 bits per heavy atom. The molecule has 0 aliphatic carbocycles. The molecule has 0 spiro atoms. The average Bonchev–Trinajstić information content (AvgIpc) is 3.57. The Morgan fingerprint density at radius 1 is 1.34 bits per heavy atom. The minimum Gasteiger partial charge on any atom is -0.412 e. The topological polar surface area (TPSA) is 134 Å². The van der Waals surface area contributed by atoms with Gasteiger partial charge in [-0.3, -0.25) is 9.89 Å². The lowest BCUT2D eigenvalue weighted by Crippen LogP contribution is -2.41. The van der Waals surface area contributed by atoms with Gasteiger partial charge in [-0.25, -0.2) is 13.9 Å². The predicted octanol–water partition coefficient (Wildman–Crippen LogP) is 2.07. The highest BCUT2D eigenvalue weighted by Gasteiger charge is 2.38. The molecule has 0 radical (unpaired) electrons. The van der Waals surface area contributed by atoms with Gasteiger partial charge in [0.2, 0.25) is 0 Å². The van der Waals surface area contributed by atoms with E-state index in [1.165, 1.54) is 10.6 Å². The van der Waals surface area contributed by atoms with Crippen LogP contribution in [0.25, 0.3) is 17.0 Å². The number of imidazole rings is 1. The second-order valence-corrected chi connectivity index (χ2v) is 7.47. The van der Waals surface area contributed by atoms with Crippen molar-refractivity contribution in [2.24, 2.45) is 0 Å². The van der Waals surface area contributed by atoms with Crippen molar-refractivity contribution in [1.29, 1.82) is 0 Å². The van der Waals surface area contributed by atoms with Gasteiger partial charge in [0.05, 0.1) is 29.0 Å². The van der Waals surface area contributed by atoms with Crippen LogP contribution in [0.1, 0.15) is 39.5 Å². The number of amides is 1. The fourth-order valence-electron chi connectivity index (χ4n) is 4.04. The smallest absolute Gasteiger partial charge is 0.312 e. The molecular formula is C20H16FN9O2. The molecule has 5 aromatic rings. The SMILES string of the molecule is Cc1n[nH]cc1-c1nnc(C(=O)N2CCc3[nH]cnc3C2c2cc3c(F)cccn3n2)o1. The molecule has 160 valence electrons. The highest BCUT2D eigenvalue weighted by molar-refractivity contribution is 5.90. The molecule has 0 aromatic carbocycles. The maximum absolute atomic E-state index is 14.3. The summed E-state index contributed by atoms with van der Waals surface area (Å²) in [6.45, 7) is 2.16. The Labute approximate surface area is 179 Å². The summed E-state index contributed by atoms with van der Waals surface area (Å²) >= 11 is 0. The van der Waals surface area contributed by atoms with Crippen molar-refractivity contribution >= 4 is 11.4 Å². The summed E-state index contributed by atoms with van der Waals surface area (Å²) < 4.78 is 21.4. The van der Waals surface area contributed by atoms with Crippen molar-refractivity contribution in [2.75, 3.05) is 6.54 Å². The van der Waals surface area contributed by atoms with E-state index in [9.17, 15) is 9.18 Å². The van der Waals surface area contributed by atoms with Crippen LogP contribution in [0, 0.1) is 12.7 Å². The molecule has 32 heavy (non-hydrogen) atoms. The van der Waals surface area contributed by atoms with Gasteiger partial charge in [-0.05, 0) is 25.1 Å². The van der Waals surface area contributed by atoms with Gasteiger partial charge in [0.1, 0.15) is 17.4 Å². The number of carbonyl (C=O) groups excluding carboxylic acids is 1. The van der Waals surface area contributed by atoms with Gasteiger partial charge >= 0.3 is 11.8 Å². The van der Waals surface area contributed by atoms with Crippen LogP contribution in [0.3, 0.4) is 0 Å². The Hall–Kier alpha value is -4.35. The maximum Gasteiger partial charge on any atom is 0.312 e. The minimum atomic E-state index is -0.636. The van der Waals surface area contributed by atoms with Crippen molar-refractivity contribution in [3.05, 3.63) is 71.4 Å². The second-order valence-electron chi connectivity index (χ2n) is 7.47. The van der Waals surface area contributed by atoms with Gasteiger partial charge in [-0.1, -0.05) is 0 Å². The third-order valence-corrected chi connectivity index (χ3v) is 5.60. The molecule has 1 amide bonds. The predicted molar refractivity (Wildman–Crippen MR) is 107 cm³/mol. The zero-order valence-corrected chi connectivity index (χ0v) is 16.8. The Kier molecular flexibility index (Phi) is 3.93. The molecule has 5 aromatic heterocycles. The lowest BCUT2D eigenvalue weighted by molar-refractivity contribution is 0.0646. The average molecular weight is 433 g/mol. The number of hydrogen-bond acceptors (Lipinski definition) is 7. The van der Waals surface area contributed by atoms with E-state index < -0.39 is 17.8 Å². The van der Waals surface area contributed by atoms with E-state index in [4.69, 9.17) is 4.42 Å². The summed E-state index contributed by atoms with van der Waals surface area (Å²) in [5.41, 5.74) is 3.65. The van der Waals surface area contributed by atoms with E-state index >= 15 is 0 Å². The number of carbonyl (C=O) groups is 1. The first-order chi connectivity index (χ1) is 15.6. The van der Waals surface area contributed by atoms with E-state index in [0.717, 1.165) is 5.69 Å². The highest BCUT2D eigenvalue weighted by Crippen LogP contribution is 2.34. The standard InChI is InChI=1S/C20H16FN9O2/c1-10-11(8-24-25-10)18-26-27-19(32-18)20(31)29-6-4-13-16(23-9-22-13)17(29)14-7-15-12(21)3-2-5-30(15)28-14/h2-3,5,7-9,17H,4,6H2,1H3,(H,22,23)(H,24,25). The largest absolute Gasteiger partial charge is 0.412 e. The molecule has 0 saturated carbocycles. The maximum atomic E-state index is 14.3. The van der Waals surface area contributed by atoms with E-state index in [1.54, 1.807) is 42.7 Å². The first kappa shape index (κ1) is 18.4. The van der Waals surface area contributed by atoms with Crippen LogP contribution < -0.4 is 0 Å². The number of nitrogens with one attached hydrogen (secondary N) is 2. The van der Waals surface area contributed by atoms with E-state index in [-0.39, 0.29) is 11.8 Å². The van der Waals surface area contributed by atoms with Crippen LogP contribution in [0.2, 0.25) is 0 Å². The molecule has 2 N–H and O–H groups in total. The number of aromatic amines is 2. The van der Waals surface area contributed by atoms with E-state index in [1.807, 2.05) is 0 Å². The van der Waals surface area contributed by atoms with Crippen molar-refractivity contribution in [2.45, 2.75) is 19.4 Å². The van der Waals surface area contributed by atoms with Crippen molar-refractivity contribution < 1.29 is 13.6 Å². The quantitative estimate of drug-likeness (QED) is 0.445. The second kappa shape index (κ2) is 6.83. The normalized spacial score (nSPS) is 15.9. The number of H-pyrrole nitrogens is 2. The van der Waals surface area contributed by atoms with Gasteiger partial charge in [0, 0.05) is 31.1 Å². The molecule has 1 aliphatic rings. The van der Waals surface area contributed by atoms with Crippen LogP contribution in [-0.2, 0) is 6.42 Å². The first-order valence-corrected chi connectivity index (χ1v) is 9.91. The molecule has 0 saturated heterocycles. The van der Waals surface area contributed by atoms with Crippen molar-refractivity contribution in [3.63, 3.8) is 0 Å². The van der Waals surface area contributed by atoms with Crippen LogP contribution in [-0.4, -0.2) is 57.3 Å². The van der Waals surface area contributed by atoms with Gasteiger partial charge in [0.25, 0.3) is 5.89 Å². The zero-order chi connectivity index (χ0) is 21.8. The Bertz CT molecular complexity index is 1460. The Balaban J connectivity index is 1.42. The number of fused-ring (bicyclic) bond motifs is 2. The van der Waals surface area contributed by atoms with Crippen molar-refractivity contribution in [1.82, 2.24) is 44.9 Å². The van der Waals surface area contributed by atoms with Crippen molar-refractivity contribution in [3.8, 4) is 11.5 Å². The number of nitrogens with zero attached hydrogens (tertiary/aromatic N) is 7. The van der Waals surface area contributed by atoms with Crippen LogP contribution in [0.5, 0.6) is 0 Å². The summed E-state index contributed by atoms with van der Waals surface area (Å²) in [7, 11) is 0. The molecule has 6 heterocycles. The number of pyridine rings is 1. The third kappa shape index (κ3) is 2.72. The zero-order valence-electron chi connectivity index (χ0n) is 16.8. The summed E-state index contributed by atoms with van der Waals surface area (Å²) in [6, 6.07) is 3.92. The summed E-state index contributed by atoms with van der Waals surface area (Å²) in [4.78, 5) is 22.5. The first-order valence-electron chi connectivity index (χ1n) is 9.91. The molecule has 1 aliphatic heterocycles. The van der Waals surface area contributed by atoms with Crippen LogP contribution in [0.4, 0.5) is 4.39 Å². The Morgan fingerprint density at radius 2 is 2.25 bits per heavy atom. The minimum absolute atomic E-state index is 0.153. The lowest BCUT2D eigenvalue weighted by Gasteiger charge is -2.32. The third-order valence-electron chi connectivity index (χ3n) is 5.60. The fraction of sp³-hybridized carbons (Fsp3) is 0.200. The fourth-order valence-corrected chi connectivity index (χ4v) is 4.04.